The van der Waals surface area contributed by atoms with E-state index in [2.05, 4.69) is 10.7 Å². The maximum absolute atomic E-state index is 13.0. The Labute approximate surface area is 192 Å². The number of hydrazine groups is 1. The summed E-state index contributed by atoms with van der Waals surface area (Å²) in [6.07, 6.45) is 1.04. The first-order chi connectivity index (χ1) is 15.7. The number of nitrogens with two attached hydrogens (primary N) is 1. The van der Waals surface area contributed by atoms with E-state index in [4.69, 9.17) is 5.73 Å². The van der Waals surface area contributed by atoms with Gasteiger partial charge in [0.25, 0.3) is 11.8 Å². The van der Waals surface area contributed by atoms with Gasteiger partial charge >= 0.3 is 6.03 Å². The number of nitrogens with one attached hydrogen (secondary N) is 2. The fourth-order valence-corrected chi connectivity index (χ4v) is 3.70. The van der Waals surface area contributed by atoms with Gasteiger partial charge in [0.1, 0.15) is 5.54 Å². The molecule has 2 aromatic rings. The lowest BCUT2D eigenvalue weighted by Crippen LogP contribution is -2.51. The molecule has 0 spiro atoms. The van der Waals surface area contributed by atoms with Gasteiger partial charge in [0, 0.05) is 18.7 Å². The van der Waals surface area contributed by atoms with Crippen LogP contribution in [0.5, 0.6) is 0 Å². The predicted molar refractivity (Wildman–Crippen MR) is 124 cm³/mol. The van der Waals surface area contributed by atoms with Crippen molar-refractivity contribution in [1.29, 1.82) is 0 Å². The average Bonchev–Trinajstić information content (AvgIpc) is 2.99. The molecule has 4 N–H and O–H groups in total. The second kappa shape index (κ2) is 10.2. The van der Waals surface area contributed by atoms with Crippen LogP contribution in [0.2, 0.25) is 0 Å². The van der Waals surface area contributed by atoms with Crippen LogP contribution < -0.4 is 21.4 Å². The zero-order chi connectivity index (χ0) is 24.0. The zero-order valence-corrected chi connectivity index (χ0v) is 18.8. The SMILES string of the molecule is Cc1cccc(N(CCC(N)=O)CC(=O)NN2C(=O)NC(C)(CCc3ccccc3)C2=O)c1. The van der Waals surface area contributed by atoms with Gasteiger partial charge in [-0.3, -0.25) is 19.8 Å². The zero-order valence-electron chi connectivity index (χ0n) is 18.8. The van der Waals surface area contributed by atoms with Crippen molar-refractivity contribution < 1.29 is 19.2 Å². The number of imide groups is 1. The van der Waals surface area contributed by atoms with Crippen LogP contribution in [-0.2, 0) is 20.8 Å². The Morgan fingerprint density at radius 3 is 2.52 bits per heavy atom. The summed E-state index contributed by atoms with van der Waals surface area (Å²) in [4.78, 5) is 51.1. The van der Waals surface area contributed by atoms with Crippen molar-refractivity contribution in [3.05, 3.63) is 65.7 Å². The van der Waals surface area contributed by atoms with Gasteiger partial charge in [-0.2, -0.15) is 5.01 Å². The van der Waals surface area contributed by atoms with Gasteiger partial charge in [-0.1, -0.05) is 42.5 Å². The summed E-state index contributed by atoms with van der Waals surface area (Å²) in [5.41, 5.74) is 9.33. The fourth-order valence-electron chi connectivity index (χ4n) is 3.70. The minimum Gasteiger partial charge on any atom is -0.370 e. The number of nitrogens with zero attached hydrogens (tertiary/aromatic N) is 2. The molecule has 1 saturated heterocycles. The maximum Gasteiger partial charge on any atom is 0.344 e. The summed E-state index contributed by atoms with van der Waals surface area (Å²) < 4.78 is 0. The number of carbonyl (C=O) groups excluding carboxylic acids is 4. The lowest BCUT2D eigenvalue weighted by Gasteiger charge is -2.25. The fraction of sp³-hybridized carbons (Fsp3) is 0.333. The molecule has 0 saturated carbocycles. The van der Waals surface area contributed by atoms with Gasteiger partial charge in [0.15, 0.2) is 0 Å². The van der Waals surface area contributed by atoms with E-state index in [-0.39, 0.29) is 19.5 Å². The predicted octanol–water partition coefficient (Wildman–Crippen LogP) is 1.65. The first-order valence-electron chi connectivity index (χ1n) is 10.8. The van der Waals surface area contributed by atoms with E-state index in [1.54, 1.807) is 11.8 Å². The highest BCUT2D eigenvalue weighted by atomic mass is 16.2. The number of aryl methyl sites for hydroxylation is 2. The summed E-state index contributed by atoms with van der Waals surface area (Å²) in [5.74, 6) is -1.57. The summed E-state index contributed by atoms with van der Waals surface area (Å²) in [6, 6.07) is 16.4. The lowest BCUT2D eigenvalue weighted by molar-refractivity contribution is -0.138. The molecule has 2 aromatic carbocycles. The lowest BCUT2D eigenvalue weighted by atomic mass is 9.93. The summed E-state index contributed by atoms with van der Waals surface area (Å²) >= 11 is 0. The van der Waals surface area contributed by atoms with Crippen LogP contribution in [0.3, 0.4) is 0 Å². The van der Waals surface area contributed by atoms with E-state index >= 15 is 0 Å². The third kappa shape index (κ3) is 6.09. The van der Waals surface area contributed by atoms with E-state index < -0.39 is 29.3 Å². The Bertz CT molecular complexity index is 1040. The second-order valence-electron chi connectivity index (χ2n) is 8.40. The van der Waals surface area contributed by atoms with E-state index in [9.17, 15) is 19.2 Å². The minimum absolute atomic E-state index is 0.0575. The topological polar surface area (TPSA) is 125 Å². The van der Waals surface area contributed by atoms with Crippen LogP contribution in [0.25, 0.3) is 0 Å². The number of amides is 5. The molecule has 33 heavy (non-hydrogen) atoms. The summed E-state index contributed by atoms with van der Waals surface area (Å²) in [7, 11) is 0. The first-order valence-corrected chi connectivity index (χ1v) is 10.8. The highest BCUT2D eigenvalue weighted by molar-refractivity contribution is 6.07. The number of hydrogen-bond donors (Lipinski definition) is 3. The van der Waals surface area contributed by atoms with Crippen molar-refractivity contribution in [1.82, 2.24) is 15.8 Å². The highest BCUT2D eigenvalue weighted by Gasteiger charge is 2.48. The molecule has 1 atom stereocenters. The number of carbonyl (C=O) groups is 4. The summed E-state index contributed by atoms with van der Waals surface area (Å²) in [6.45, 7) is 3.63. The van der Waals surface area contributed by atoms with E-state index in [1.807, 2.05) is 61.5 Å². The smallest absolute Gasteiger partial charge is 0.344 e. The van der Waals surface area contributed by atoms with Crippen molar-refractivity contribution in [3.63, 3.8) is 0 Å². The molecular weight excluding hydrogens is 422 g/mol. The van der Waals surface area contributed by atoms with Crippen molar-refractivity contribution in [3.8, 4) is 0 Å². The highest BCUT2D eigenvalue weighted by Crippen LogP contribution is 2.22. The van der Waals surface area contributed by atoms with Crippen molar-refractivity contribution in [2.24, 2.45) is 5.73 Å². The molecule has 1 aliphatic rings. The molecule has 9 heteroatoms. The van der Waals surface area contributed by atoms with Gasteiger partial charge in [0.2, 0.25) is 5.91 Å². The van der Waals surface area contributed by atoms with Gasteiger partial charge < -0.3 is 16.0 Å². The second-order valence-corrected chi connectivity index (χ2v) is 8.40. The van der Waals surface area contributed by atoms with E-state index in [0.29, 0.717) is 12.8 Å². The molecule has 1 fully saturated rings. The number of urea groups is 1. The third-order valence-corrected chi connectivity index (χ3v) is 5.58. The van der Waals surface area contributed by atoms with Crippen molar-refractivity contribution >= 4 is 29.4 Å². The Morgan fingerprint density at radius 2 is 1.85 bits per heavy atom. The number of rotatable bonds is 10. The normalized spacial score (nSPS) is 17.6. The Hall–Kier alpha value is -3.88. The van der Waals surface area contributed by atoms with E-state index in [1.165, 1.54) is 0 Å². The molecule has 1 heterocycles. The molecule has 0 aromatic heterocycles. The van der Waals surface area contributed by atoms with Crippen molar-refractivity contribution in [2.75, 3.05) is 18.0 Å². The molecule has 9 nitrogen and oxygen atoms in total. The molecule has 174 valence electrons. The Kier molecular flexibility index (Phi) is 7.32. The van der Waals surface area contributed by atoms with Gasteiger partial charge in [0.05, 0.1) is 6.54 Å². The maximum atomic E-state index is 13.0. The van der Waals surface area contributed by atoms with Crippen LogP contribution >= 0.6 is 0 Å². The van der Waals surface area contributed by atoms with Crippen LogP contribution in [0, 0.1) is 6.92 Å². The molecule has 0 bridgehead atoms. The molecule has 5 amide bonds. The summed E-state index contributed by atoms with van der Waals surface area (Å²) in [5, 5.41) is 3.42. The third-order valence-electron chi connectivity index (χ3n) is 5.58. The Balaban J connectivity index is 1.65. The molecule has 3 rings (SSSR count). The quantitative estimate of drug-likeness (QED) is 0.474. The largest absolute Gasteiger partial charge is 0.370 e. The number of primary amides is 1. The average molecular weight is 452 g/mol. The van der Waals surface area contributed by atoms with E-state index in [0.717, 1.165) is 21.8 Å². The van der Waals surface area contributed by atoms with Crippen LogP contribution in [0.4, 0.5) is 10.5 Å². The first kappa shape index (κ1) is 23.8. The van der Waals surface area contributed by atoms with Gasteiger partial charge in [-0.25, -0.2) is 4.79 Å². The molecule has 1 aliphatic heterocycles. The Morgan fingerprint density at radius 1 is 1.12 bits per heavy atom. The minimum atomic E-state index is -1.12. The van der Waals surface area contributed by atoms with Gasteiger partial charge in [-0.05, 0) is 49.9 Å². The van der Waals surface area contributed by atoms with Crippen molar-refractivity contribution in [2.45, 2.75) is 38.6 Å². The van der Waals surface area contributed by atoms with Gasteiger partial charge in [-0.15, -0.1) is 0 Å². The van der Waals surface area contributed by atoms with Crippen LogP contribution in [0.1, 0.15) is 30.9 Å². The molecule has 0 radical (unpaired) electrons. The van der Waals surface area contributed by atoms with Crippen LogP contribution in [-0.4, -0.2) is 47.4 Å². The standard InChI is InChI=1S/C24H29N5O4/c1-17-7-6-10-19(15-17)28(14-12-20(25)30)16-21(31)27-29-22(32)24(2,26-23(29)33)13-11-18-8-4-3-5-9-18/h3-10,15H,11-14,16H2,1-2H3,(H2,25,30)(H,26,33)(H,27,31). The molecule has 1 unspecified atom stereocenters. The molecular formula is C24H29N5O4. The molecule has 0 aliphatic carbocycles. The van der Waals surface area contributed by atoms with Crippen LogP contribution in [0.15, 0.2) is 54.6 Å². The number of benzene rings is 2. The number of anilines is 1. The monoisotopic (exact) mass is 451 g/mol. The number of hydrogen-bond acceptors (Lipinski definition) is 5.